The molecule has 0 saturated heterocycles. The molecule has 0 rings (SSSR count). The Hall–Kier alpha value is -0.660. The first-order valence-electron chi connectivity index (χ1n) is 4.76. The van der Waals surface area contributed by atoms with Gasteiger partial charge in [0.05, 0.1) is 0 Å². The van der Waals surface area contributed by atoms with Gasteiger partial charge in [-0.05, 0) is 20.8 Å². The van der Waals surface area contributed by atoms with Gasteiger partial charge in [-0.2, -0.15) is 0 Å². The molecule has 0 heterocycles. The van der Waals surface area contributed by atoms with Gasteiger partial charge in [0, 0.05) is 12.3 Å². The van der Waals surface area contributed by atoms with E-state index in [2.05, 4.69) is 9.98 Å². The van der Waals surface area contributed by atoms with Crippen LogP contribution in [0.25, 0.3) is 0 Å². The normalized spacial score (nSPS) is 9.33. The highest BCUT2D eigenvalue weighted by molar-refractivity contribution is 5.70. The maximum atomic E-state index is 3.99. The molecule has 0 aliphatic heterocycles. The van der Waals surface area contributed by atoms with Crippen LogP contribution in [0.4, 0.5) is 0 Å². The van der Waals surface area contributed by atoms with Crippen molar-refractivity contribution < 1.29 is 0 Å². The Balaban J connectivity index is -0.000000175. The van der Waals surface area contributed by atoms with Crippen molar-refractivity contribution in [2.24, 2.45) is 9.98 Å². The molecule has 0 radical (unpaired) electrons. The summed E-state index contributed by atoms with van der Waals surface area (Å²) in [5.74, 6) is 0. The molecule has 2 nitrogen and oxygen atoms in total. The van der Waals surface area contributed by atoms with E-state index in [1.165, 1.54) is 0 Å². The zero-order chi connectivity index (χ0) is 10.4. The van der Waals surface area contributed by atoms with Crippen LogP contribution in [0.2, 0.25) is 0 Å². The van der Waals surface area contributed by atoms with Gasteiger partial charge in [-0.15, -0.1) is 0 Å². The standard InChI is InChI=1S/C6H12N2.2C2H6/c1-4-7-5-8-6(2)3;2*1-2/h4-6H,1-3H3;2*1-2H3. The quantitative estimate of drug-likeness (QED) is 0.449. The smallest absolute Gasteiger partial charge is 0.109 e. The van der Waals surface area contributed by atoms with Crippen molar-refractivity contribution in [1.29, 1.82) is 0 Å². The molecule has 0 saturated carbocycles. The first-order chi connectivity index (χ1) is 5.77. The van der Waals surface area contributed by atoms with Crippen LogP contribution in [0.5, 0.6) is 0 Å². The number of hydrogen-bond donors (Lipinski definition) is 0. The summed E-state index contributed by atoms with van der Waals surface area (Å²) in [5.41, 5.74) is 0. The molecule has 0 amide bonds. The van der Waals surface area contributed by atoms with Crippen molar-refractivity contribution in [3.63, 3.8) is 0 Å². The van der Waals surface area contributed by atoms with Crippen LogP contribution in [0.1, 0.15) is 48.5 Å². The lowest BCUT2D eigenvalue weighted by Gasteiger charge is -1.88. The van der Waals surface area contributed by atoms with Gasteiger partial charge < -0.3 is 0 Å². The van der Waals surface area contributed by atoms with Gasteiger partial charge in [0.15, 0.2) is 0 Å². The van der Waals surface area contributed by atoms with E-state index in [1.807, 2.05) is 48.5 Å². The third-order valence-corrected chi connectivity index (χ3v) is 0.581. The maximum absolute atomic E-state index is 3.99. The number of aliphatic imine (C=N–C) groups is 2. The summed E-state index contributed by atoms with van der Waals surface area (Å²) >= 11 is 0. The third kappa shape index (κ3) is 34.5. The highest BCUT2D eigenvalue weighted by atomic mass is 14.9. The van der Waals surface area contributed by atoms with Gasteiger partial charge in [0.2, 0.25) is 0 Å². The summed E-state index contributed by atoms with van der Waals surface area (Å²) in [6.45, 7) is 13.9. The van der Waals surface area contributed by atoms with Crippen LogP contribution in [0.15, 0.2) is 9.98 Å². The molecule has 0 unspecified atom stereocenters. The lowest BCUT2D eigenvalue weighted by molar-refractivity contribution is 0.839. The largest absolute Gasteiger partial charge is 0.271 e. The fraction of sp³-hybridized carbons (Fsp3) is 0.800. The average molecular weight is 172 g/mol. The Kier molecular flexibility index (Phi) is 32.6. The highest BCUT2D eigenvalue weighted by Crippen LogP contribution is 1.81. The van der Waals surface area contributed by atoms with Crippen LogP contribution >= 0.6 is 0 Å². The fourth-order valence-electron chi connectivity index (χ4n) is 0.238. The Morgan fingerprint density at radius 1 is 1.00 bits per heavy atom. The maximum Gasteiger partial charge on any atom is 0.109 e. The van der Waals surface area contributed by atoms with Gasteiger partial charge in [-0.1, -0.05) is 27.7 Å². The first-order valence-corrected chi connectivity index (χ1v) is 4.76. The summed E-state index contributed by atoms with van der Waals surface area (Å²) < 4.78 is 0. The molecule has 74 valence electrons. The zero-order valence-electron chi connectivity index (χ0n) is 9.63. The lowest BCUT2D eigenvalue weighted by atomic mass is 10.4. The Labute approximate surface area is 77.8 Å². The van der Waals surface area contributed by atoms with Gasteiger partial charge in [0.25, 0.3) is 0 Å². The van der Waals surface area contributed by atoms with E-state index in [9.17, 15) is 0 Å². The SMILES string of the molecule is CC.CC.CC=NC=NC(C)C. The third-order valence-electron chi connectivity index (χ3n) is 0.581. The summed E-state index contributed by atoms with van der Waals surface area (Å²) in [6.07, 6.45) is 3.29. The van der Waals surface area contributed by atoms with Crippen molar-refractivity contribution in [1.82, 2.24) is 0 Å². The van der Waals surface area contributed by atoms with E-state index in [1.54, 1.807) is 12.6 Å². The molecule has 0 bridgehead atoms. The first kappa shape index (κ1) is 17.4. The Bertz CT molecular complexity index is 94.0. The topological polar surface area (TPSA) is 24.7 Å². The average Bonchev–Trinajstić information content (AvgIpc) is 2.12. The second kappa shape index (κ2) is 22.4. The molecule has 0 atom stereocenters. The molecule has 0 aliphatic rings. The second-order valence-electron chi connectivity index (χ2n) is 1.77. The fourth-order valence-corrected chi connectivity index (χ4v) is 0.238. The molecule has 0 N–H and O–H groups in total. The number of hydrogen-bond acceptors (Lipinski definition) is 1. The highest BCUT2D eigenvalue weighted by Gasteiger charge is 1.78. The van der Waals surface area contributed by atoms with Crippen LogP contribution in [0, 0.1) is 0 Å². The molecular weight excluding hydrogens is 148 g/mol. The van der Waals surface area contributed by atoms with Gasteiger partial charge in [-0.3, -0.25) is 4.99 Å². The lowest BCUT2D eigenvalue weighted by Crippen LogP contribution is -1.86. The summed E-state index contributed by atoms with van der Waals surface area (Å²) in [6, 6.07) is 0.360. The molecule has 0 aromatic heterocycles. The van der Waals surface area contributed by atoms with Crippen molar-refractivity contribution in [3.8, 4) is 0 Å². The Morgan fingerprint density at radius 3 is 1.67 bits per heavy atom. The van der Waals surface area contributed by atoms with E-state index in [0.717, 1.165) is 0 Å². The molecule has 0 aromatic rings. The van der Waals surface area contributed by atoms with Gasteiger partial charge in [0.1, 0.15) is 6.34 Å². The molecular formula is C10H24N2. The minimum Gasteiger partial charge on any atom is -0.271 e. The molecule has 0 aromatic carbocycles. The van der Waals surface area contributed by atoms with E-state index in [4.69, 9.17) is 0 Å². The van der Waals surface area contributed by atoms with Gasteiger partial charge in [-0.25, -0.2) is 4.99 Å². The van der Waals surface area contributed by atoms with Gasteiger partial charge >= 0.3 is 0 Å². The van der Waals surface area contributed by atoms with E-state index < -0.39 is 0 Å². The van der Waals surface area contributed by atoms with Crippen LogP contribution in [-0.2, 0) is 0 Å². The Morgan fingerprint density at radius 2 is 1.42 bits per heavy atom. The molecule has 12 heavy (non-hydrogen) atoms. The monoisotopic (exact) mass is 172 g/mol. The van der Waals surface area contributed by atoms with E-state index in [0.29, 0.717) is 6.04 Å². The predicted molar refractivity (Wildman–Crippen MR) is 60.5 cm³/mol. The van der Waals surface area contributed by atoms with Crippen molar-refractivity contribution in [2.75, 3.05) is 0 Å². The van der Waals surface area contributed by atoms with Crippen molar-refractivity contribution in [3.05, 3.63) is 0 Å². The summed E-state index contributed by atoms with van der Waals surface area (Å²) in [4.78, 5) is 7.79. The van der Waals surface area contributed by atoms with Crippen molar-refractivity contribution >= 4 is 12.6 Å². The van der Waals surface area contributed by atoms with Crippen LogP contribution in [0.3, 0.4) is 0 Å². The van der Waals surface area contributed by atoms with Crippen LogP contribution < -0.4 is 0 Å². The zero-order valence-corrected chi connectivity index (χ0v) is 9.63. The summed E-state index contributed by atoms with van der Waals surface area (Å²) in [7, 11) is 0. The molecule has 2 heteroatoms. The number of nitrogens with zero attached hydrogens (tertiary/aromatic N) is 2. The van der Waals surface area contributed by atoms with E-state index in [-0.39, 0.29) is 0 Å². The molecule has 0 fully saturated rings. The van der Waals surface area contributed by atoms with E-state index >= 15 is 0 Å². The predicted octanol–water partition coefficient (Wildman–Crippen LogP) is 3.57. The number of rotatable bonds is 2. The molecule has 0 aliphatic carbocycles. The second-order valence-corrected chi connectivity index (χ2v) is 1.77. The molecule has 0 spiro atoms. The minimum atomic E-state index is 0.360. The van der Waals surface area contributed by atoms with Crippen molar-refractivity contribution in [2.45, 2.75) is 54.5 Å². The van der Waals surface area contributed by atoms with Crippen LogP contribution in [-0.4, -0.2) is 18.6 Å². The minimum absolute atomic E-state index is 0.360. The summed E-state index contributed by atoms with van der Waals surface area (Å²) in [5, 5.41) is 0.